The Morgan fingerprint density at radius 1 is 1.07 bits per heavy atom. The first-order chi connectivity index (χ1) is 12.8. The third-order valence-corrected chi connectivity index (χ3v) is 6.98. The van der Waals surface area contributed by atoms with Gasteiger partial charge in [0.05, 0.1) is 17.4 Å². The number of fused-ring (bicyclic) bond motifs is 1. The fraction of sp³-hybridized carbons (Fsp3) is 0.300. The van der Waals surface area contributed by atoms with E-state index in [9.17, 15) is 18.0 Å². The van der Waals surface area contributed by atoms with Crippen LogP contribution in [-0.4, -0.2) is 32.0 Å². The maximum atomic E-state index is 13.2. The number of nitrogens with zero attached hydrogens (tertiary/aromatic N) is 2. The molecule has 0 radical (unpaired) electrons. The van der Waals surface area contributed by atoms with Crippen LogP contribution in [0.2, 0.25) is 0 Å². The number of hydrogen-bond donors (Lipinski definition) is 0. The quantitative estimate of drug-likeness (QED) is 0.798. The third-order valence-electron chi connectivity index (χ3n) is 5.11. The SMILES string of the molecule is C[C@@H]1Cc2ccccc2N1C(=O)c1cccc(N2C(=O)[C@@H](C)CS2(=O)=O)c1. The zero-order valence-electron chi connectivity index (χ0n) is 15.1. The zero-order valence-corrected chi connectivity index (χ0v) is 15.9. The minimum atomic E-state index is -3.70. The van der Waals surface area contributed by atoms with Gasteiger partial charge in [-0.3, -0.25) is 9.59 Å². The minimum absolute atomic E-state index is 0.00993. The van der Waals surface area contributed by atoms with Crippen molar-refractivity contribution in [2.24, 2.45) is 5.92 Å². The Morgan fingerprint density at radius 2 is 1.81 bits per heavy atom. The molecule has 7 heteroatoms. The van der Waals surface area contributed by atoms with Crippen molar-refractivity contribution >= 4 is 33.2 Å². The number of carbonyl (C=O) groups is 2. The van der Waals surface area contributed by atoms with E-state index < -0.39 is 21.8 Å². The van der Waals surface area contributed by atoms with Crippen LogP contribution in [0.15, 0.2) is 48.5 Å². The van der Waals surface area contributed by atoms with Gasteiger partial charge in [0.25, 0.3) is 5.91 Å². The molecule has 0 saturated carbocycles. The lowest BCUT2D eigenvalue weighted by Gasteiger charge is -2.23. The highest BCUT2D eigenvalue weighted by molar-refractivity contribution is 7.94. The summed E-state index contributed by atoms with van der Waals surface area (Å²) < 4.78 is 25.5. The Hall–Kier alpha value is -2.67. The van der Waals surface area contributed by atoms with Crippen molar-refractivity contribution < 1.29 is 18.0 Å². The lowest BCUT2D eigenvalue weighted by atomic mass is 10.1. The summed E-state index contributed by atoms with van der Waals surface area (Å²) in [5.41, 5.74) is 2.56. The topological polar surface area (TPSA) is 74.8 Å². The number of amides is 2. The van der Waals surface area contributed by atoms with Gasteiger partial charge in [0.2, 0.25) is 15.9 Å². The largest absolute Gasteiger partial charge is 0.305 e. The molecule has 6 nitrogen and oxygen atoms in total. The van der Waals surface area contributed by atoms with Crippen molar-refractivity contribution in [3.63, 3.8) is 0 Å². The van der Waals surface area contributed by atoms with Crippen molar-refractivity contribution in [2.75, 3.05) is 15.0 Å². The summed E-state index contributed by atoms with van der Waals surface area (Å²) in [5, 5.41) is 0. The van der Waals surface area contributed by atoms with Crippen molar-refractivity contribution in [3.05, 3.63) is 59.7 Å². The van der Waals surface area contributed by atoms with Crippen LogP contribution in [0.25, 0.3) is 0 Å². The summed E-state index contributed by atoms with van der Waals surface area (Å²) in [6, 6.07) is 14.1. The number of para-hydroxylation sites is 1. The molecule has 2 aromatic rings. The summed E-state index contributed by atoms with van der Waals surface area (Å²) in [6.45, 7) is 3.58. The van der Waals surface area contributed by atoms with Gasteiger partial charge in [-0.2, -0.15) is 0 Å². The fourth-order valence-electron chi connectivity index (χ4n) is 3.87. The van der Waals surface area contributed by atoms with E-state index >= 15 is 0 Å². The van der Waals surface area contributed by atoms with Gasteiger partial charge in [0, 0.05) is 17.3 Å². The molecule has 2 heterocycles. The molecule has 0 unspecified atom stereocenters. The van der Waals surface area contributed by atoms with E-state index in [0.29, 0.717) is 5.56 Å². The number of sulfonamides is 1. The van der Waals surface area contributed by atoms with E-state index in [1.807, 2.05) is 31.2 Å². The first kappa shape index (κ1) is 17.7. The van der Waals surface area contributed by atoms with Crippen LogP contribution in [0.3, 0.4) is 0 Å². The highest BCUT2D eigenvalue weighted by atomic mass is 32.2. The van der Waals surface area contributed by atoms with Gasteiger partial charge in [-0.15, -0.1) is 0 Å². The van der Waals surface area contributed by atoms with Crippen LogP contribution in [0.1, 0.15) is 29.8 Å². The highest BCUT2D eigenvalue weighted by Gasteiger charge is 2.42. The Balaban J connectivity index is 1.72. The molecule has 0 aromatic heterocycles. The van der Waals surface area contributed by atoms with Crippen LogP contribution >= 0.6 is 0 Å². The number of anilines is 2. The van der Waals surface area contributed by atoms with Crippen LogP contribution in [0.5, 0.6) is 0 Å². The predicted octanol–water partition coefficient (Wildman–Crippen LogP) is 2.59. The average Bonchev–Trinajstić information content (AvgIpc) is 3.06. The van der Waals surface area contributed by atoms with Crippen LogP contribution < -0.4 is 9.21 Å². The highest BCUT2D eigenvalue weighted by Crippen LogP contribution is 2.34. The molecule has 0 spiro atoms. The average molecular weight is 384 g/mol. The normalized spacial score (nSPS) is 23.6. The van der Waals surface area contributed by atoms with Gasteiger partial charge < -0.3 is 4.90 Å². The second kappa shape index (κ2) is 6.20. The number of benzene rings is 2. The van der Waals surface area contributed by atoms with Crippen molar-refractivity contribution in [1.82, 2.24) is 0 Å². The van der Waals surface area contributed by atoms with Gasteiger partial charge in [-0.1, -0.05) is 31.2 Å². The number of rotatable bonds is 2. The van der Waals surface area contributed by atoms with Crippen LogP contribution in [-0.2, 0) is 21.2 Å². The molecule has 27 heavy (non-hydrogen) atoms. The Kier molecular flexibility index (Phi) is 4.07. The lowest BCUT2D eigenvalue weighted by molar-refractivity contribution is -0.119. The van der Waals surface area contributed by atoms with Gasteiger partial charge in [0.15, 0.2) is 0 Å². The van der Waals surface area contributed by atoms with E-state index in [4.69, 9.17) is 0 Å². The van der Waals surface area contributed by atoms with E-state index in [0.717, 1.165) is 22.0 Å². The molecule has 2 atom stereocenters. The molecule has 4 rings (SSSR count). The van der Waals surface area contributed by atoms with Crippen LogP contribution in [0, 0.1) is 5.92 Å². The summed E-state index contributed by atoms with van der Waals surface area (Å²) in [4.78, 5) is 27.2. The fourth-order valence-corrected chi connectivity index (χ4v) is 5.68. The molecular formula is C20H20N2O4S. The van der Waals surface area contributed by atoms with E-state index in [1.54, 1.807) is 30.0 Å². The first-order valence-corrected chi connectivity index (χ1v) is 10.5. The van der Waals surface area contributed by atoms with Gasteiger partial charge >= 0.3 is 0 Å². The molecule has 0 aliphatic carbocycles. The zero-order chi connectivity index (χ0) is 19.3. The van der Waals surface area contributed by atoms with E-state index in [1.165, 1.54) is 6.07 Å². The monoisotopic (exact) mass is 384 g/mol. The molecule has 1 fully saturated rings. The molecule has 2 amide bonds. The molecule has 2 aromatic carbocycles. The van der Waals surface area contributed by atoms with E-state index in [2.05, 4.69) is 0 Å². The number of hydrogen-bond acceptors (Lipinski definition) is 4. The van der Waals surface area contributed by atoms with Gasteiger partial charge in [0.1, 0.15) is 0 Å². The maximum Gasteiger partial charge on any atom is 0.258 e. The minimum Gasteiger partial charge on any atom is -0.305 e. The second-order valence-electron chi connectivity index (χ2n) is 7.19. The predicted molar refractivity (Wildman–Crippen MR) is 103 cm³/mol. The Labute approximate surface area is 158 Å². The van der Waals surface area contributed by atoms with Crippen molar-refractivity contribution in [2.45, 2.75) is 26.3 Å². The summed E-state index contributed by atoms with van der Waals surface area (Å²) in [7, 11) is -3.70. The third kappa shape index (κ3) is 2.82. The molecule has 140 valence electrons. The summed E-state index contributed by atoms with van der Waals surface area (Å²) >= 11 is 0. The maximum absolute atomic E-state index is 13.2. The first-order valence-electron chi connectivity index (χ1n) is 8.88. The molecule has 0 N–H and O–H groups in total. The lowest BCUT2D eigenvalue weighted by Crippen LogP contribution is -2.36. The second-order valence-corrected chi connectivity index (χ2v) is 9.05. The molecule has 1 saturated heterocycles. The van der Waals surface area contributed by atoms with Gasteiger partial charge in [-0.05, 0) is 43.2 Å². The molecule has 2 aliphatic rings. The number of carbonyl (C=O) groups excluding carboxylic acids is 2. The Morgan fingerprint density at radius 3 is 2.52 bits per heavy atom. The van der Waals surface area contributed by atoms with E-state index in [-0.39, 0.29) is 23.4 Å². The van der Waals surface area contributed by atoms with Crippen molar-refractivity contribution in [1.29, 1.82) is 0 Å². The van der Waals surface area contributed by atoms with Crippen molar-refractivity contribution in [3.8, 4) is 0 Å². The summed E-state index contributed by atoms with van der Waals surface area (Å²) in [5.74, 6) is -1.45. The smallest absolute Gasteiger partial charge is 0.258 e. The summed E-state index contributed by atoms with van der Waals surface area (Å²) in [6.07, 6.45) is 0.776. The molecular weight excluding hydrogens is 364 g/mol. The Bertz CT molecular complexity index is 1050. The molecule has 2 aliphatic heterocycles. The van der Waals surface area contributed by atoms with Crippen LogP contribution in [0.4, 0.5) is 11.4 Å². The van der Waals surface area contributed by atoms with Gasteiger partial charge in [-0.25, -0.2) is 12.7 Å². The molecule has 0 bridgehead atoms. The standard InChI is InChI=1S/C20H20N2O4S/c1-13-12-27(25,26)22(19(13)23)17-8-5-7-16(11-17)20(24)21-14(2)10-15-6-3-4-9-18(15)21/h3-9,11,13-14H,10,12H2,1-2H3/t13-,14+/m0/s1.